The van der Waals surface area contributed by atoms with Gasteiger partial charge in [-0.1, -0.05) is 34.4 Å². The quantitative estimate of drug-likeness (QED) is 0.616. The van der Waals surface area contributed by atoms with E-state index in [1.807, 2.05) is 20.8 Å². The Morgan fingerprint density at radius 2 is 1.61 bits per heavy atom. The monoisotopic (exact) mass is 467 g/mol. The minimum Gasteiger partial charge on any atom is -0.444 e. The number of benzene rings is 1. The summed E-state index contributed by atoms with van der Waals surface area (Å²) in [5.74, 6) is 0.108. The van der Waals surface area contributed by atoms with Gasteiger partial charge in [0.05, 0.1) is 10.0 Å². The number of nitrogens with one attached hydrogen (secondary N) is 2. The zero-order valence-corrected chi connectivity index (χ0v) is 19.6. The second-order valence-electron chi connectivity index (χ2n) is 8.73. The van der Waals surface area contributed by atoms with Crippen LogP contribution < -0.4 is 10.6 Å². The Kier molecular flexibility index (Phi) is 7.17. The van der Waals surface area contributed by atoms with Crippen LogP contribution in [0, 0.1) is 6.92 Å². The third kappa shape index (κ3) is 5.92. The zero-order valence-electron chi connectivity index (χ0n) is 18.1. The molecular formula is C22H27Cl2N3O4. The zero-order chi connectivity index (χ0) is 22.8. The molecule has 1 saturated carbocycles. The Hall–Kier alpha value is -2.25. The van der Waals surface area contributed by atoms with Crippen molar-refractivity contribution in [1.29, 1.82) is 0 Å². The highest BCUT2D eigenvalue weighted by molar-refractivity contribution is 6.39. The van der Waals surface area contributed by atoms with Gasteiger partial charge in [0.2, 0.25) is 0 Å². The van der Waals surface area contributed by atoms with Gasteiger partial charge in [0.25, 0.3) is 5.91 Å². The smallest absolute Gasteiger partial charge is 0.407 e. The molecule has 1 aliphatic rings. The first-order valence-electron chi connectivity index (χ1n) is 10.3. The summed E-state index contributed by atoms with van der Waals surface area (Å²) in [7, 11) is 0. The van der Waals surface area contributed by atoms with Crippen LogP contribution in [0.15, 0.2) is 22.7 Å². The highest BCUT2D eigenvalue weighted by Crippen LogP contribution is 2.36. The molecule has 2 aromatic rings. The number of ether oxygens (including phenoxy) is 1. The van der Waals surface area contributed by atoms with Crippen LogP contribution in [-0.2, 0) is 4.74 Å². The van der Waals surface area contributed by atoms with Crippen molar-refractivity contribution in [2.24, 2.45) is 0 Å². The number of hydrogen-bond acceptors (Lipinski definition) is 5. The average molecular weight is 468 g/mol. The Morgan fingerprint density at radius 3 is 2.16 bits per heavy atom. The van der Waals surface area contributed by atoms with Crippen LogP contribution in [-0.4, -0.2) is 34.8 Å². The van der Waals surface area contributed by atoms with Crippen molar-refractivity contribution in [3.63, 3.8) is 0 Å². The summed E-state index contributed by atoms with van der Waals surface area (Å²) in [4.78, 5) is 25.0. The number of carbonyl (C=O) groups is 2. The molecule has 168 valence electrons. The Labute approximate surface area is 191 Å². The minimum atomic E-state index is -0.534. The molecule has 2 amide bonds. The highest BCUT2D eigenvalue weighted by atomic mass is 35.5. The van der Waals surface area contributed by atoms with Crippen molar-refractivity contribution in [2.75, 3.05) is 0 Å². The number of hydrogen-bond donors (Lipinski definition) is 2. The molecule has 9 heteroatoms. The van der Waals surface area contributed by atoms with E-state index < -0.39 is 11.7 Å². The average Bonchev–Trinajstić information content (AvgIpc) is 3.03. The van der Waals surface area contributed by atoms with Gasteiger partial charge in [-0.3, -0.25) is 4.79 Å². The van der Waals surface area contributed by atoms with E-state index >= 15 is 0 Å². The molecule has 1 aromatic carbocycles. The maximum absolute atomic E-state index is 13.0. The first-order valence-corrected chi connectivity index (χ1v) is 11.0. The van der Waals surface area contributed by atoms with Crippen molar-refractivity contribution < 1.29 is 18.8 Å². The largest absolute Gasteiger partial charge is 0.444 e. The summed E-state index contributed by atoms with van der Waals surface area (Å²) < 4.78 is 10.6. The molecule has 0 bridgehead atoms. The molecule has 0 aliphatic heterocycles. The van der Waals surface area contributed by atoms with Crippen LogP contribution >= 0.6 is 23.2 Å². The van der Waals surface area contributed by atoms with Crippen LogP contribution in [0.4, 0.5) is 4.79 Å². The lowest BCUT2D eigenvalue weighted by atomic mass is 9.91. The van der Waals surface area contributed by atoms with Crippen molar-refractivity contribution in [3.8, 4) is 11.3 Å². The number of amides is 2. The van der Waals surface area contributed by atoms with E-state index in [0.29, 0.717) is 32.6 Å². The molecule has 1 fully saturated rings. The summed E-state index contributed by atoms with van der Waals surface area (Å²) in [5, 5.41) is 10.8. The van der Waals surface area contributed by atoms with E-state index in [2.05, 4.69) is 15.8 Å². The van der Waals surface area contributed by atoms with Crippen molar-refractivity contribution in [3.05, 3.63) is 39.6 Å². The lowest BCUT2D eigenvalue weighted by molar-refractivity contribution is 0.0488. The third-order valence-electron chi connectivity index (χ3n) is 5.07. The Morgan fingerprint density at radius 1 is 1.06 bits per heavy atom. The van der Waals surface area contributed by atoms with Gasteiger partial charge in [-0.25, -0.2) is 4.79 Å². The molecule has 31 heavy (non-hydrogen) atoms. The minimum absolute atomic E-state index is 0.0203. The fourth-order valence-corrected chi connectivity index (χ4v) is 4.22. The molecule has 1 aliphatic carbocycles. The van der Waals surface area contributed by atoms with Crippen LogP contribution in [0.5, 0.6) is 0 Å². The first kappa shape index (κ1) is 23.4. The molecular weight excluding hydrogens is 441 g/mol. The number of aromatic nitrogens is 1. The second kappa shape index (κ2) is 9.49. The predicted molar refractivity (Wildman–Crippen MR) is 120 cm³/mol. The molecule has 2 N–H and O–H groups in total. The SMILES string of the molecule is Cc1onc(-c2c(Cl)cccc2Cl)c1C(=O)NC1CCC(NC(=O)OC(C)(C)C)CC1. The van der Waals surface area contributed by atoms with Gasteiger partial charge >= 0.3 is 6.09 Å². The van der Waals surface area contributed by atoms with Crippen LogP contribution in [0.3, 0.4) is 0 Å². The number of halogens is 2. The number of rotatable bonds is 4. The molecule has 0 saturated heterocycles. The van der Waals surface area contributed by atoms with Crippen molar-refractivity contribution >= 4 is 35.2 Å². The first-order chi connectivity index (χ1) is 14.5. The normalized spacial score (nSPS) is 19.0. The molecule has 1 heterocycles. The summed E-state index contributed by atoms with van der Waals surface area (Å²) in [5.41, 5.74) is 0.585. The Balaban J connectivity index is 1.63. The fraction of sp³-hybridized carbons (Fsp3) is 0.500. The highest BCUT2D eigenvalue weighted by Gasteiger charge is 2.29. The third-order valence-corrected chi connectivity index (χ3v) is 5.70. The van der Waals surface area contributed by atoms with Gasteiger partial charge in [0.1, 0.15) is 22.6 Å². The summed E-state index contributed by atoms with van der Waals surface area (Å²) in [6.45, 7) is 7.17. The molecule has 1 aromatic heterocycles. The molecule has 7 nitrogen and oxygen atoms in total. The molecule has 3 rings (SSSR count). The van der Waals surface area contributed by atoms with Gasteiger partial charge in [-0.15, -0.1) is 0 Å². The van der Waals surface area contributed by atoms with E-state index in [1.165, 1.54) is 0 Å². The van der Waals surface area contributed by atoms with E-state index in [4.69, 9.17) is 32.5 Å². The molecule has 0 atom stereocenters. The number of alkyl carbamates (subject to hydrolysis) is 1. The van der Waals surface area contributed by atoms with Gasteiger partial charge in [0.15, 0.2) is 0 Å². The Bertz CT molecular complexity index is 940. The van der Waals surface area contributed by atoms with Crippen LogP contribution in [0.1, 0.15) is 62.6 Å². The topological polar surface area (TPSA) is 93.5 Å². The van der Waals surface area contributed by atoms with Gasteiger partial charge in [-0.05, 0) is 65.5 Å². The molecule has 0 unspecified atom stereocenters. The maximum atomic E-state index is 13.0. The van der Waals surface area contributed by atoms with Crippen molar-refractivity contribution in [1.82, 2.24) is 15.8 Å². The van der Waals surface area contributed by atoms with E-state index in [1.54, 1.807) is 25.1 Å². The van der Waals surface area contributed by atoms with Crippen LogP contribution in [0.25, 0.3) is 11.3 Å². The lowest BCUT2D eigenvalue weighted by Crippen LogP contribution is -2.45. The van der Waals surface area contributed by atoms with Gasteiger partial charge in [-0.2, -0.15) is 0 Å². The molecule has 0 spiro atoms. The lowest BCUT2D eigenvalue weighted by Gasteiger charge is -2.30. The van der Waals surface area contributed by atoms with E-state index in [0.717, 1.165) is 25.7 Å². The molecule has 0 radical (unpaired) electrons. The summed E-state index contributed by atoms with van der Waals surface area (Å²) in [6, 6.07) is 5.11. The summed E-state index contributed by atoms with van der Waals surface area (Å²) >= 11 is 12.6. The van der Waals surface area contributed by atoms with E-state index in [9.17, 15) is 9.59 Å². The second-order valence-corrected chi connectivity index (χ2v) is 9.54. The van der Waals surface area contributed by atoms with Crippen molar-refractivity contribution in [2.45, 2.75) is 71.1 Å². The standard InChI is InChI=1S/C22H27Cl2N3O4/c1-12-17(19(27-31-12)18-15(23)6-5-7-16(18)24)20(28)25-13-8-10-14(11-9-13)26-21(29)30-22(2,3)4/h5-7,13-14H,8-11H2,1-4H3,(H,25,28)(H,26,29). The maximum Gasteiger partial charge on any atom is 0.407 e. The van der Waals surface area contributed by atoms with Gasteiger partial charge in [0, 0.05) is 17.6 Å². The van der Waals surface area contributed by atoms with Crippen LogP contribution in [0.2, 0.25) is 10.0 Å². The fourth-order valence-electron chi connectivity index (χ4n) is 3.65. The number of carbonyl (C=O) groups excluding carboxylic acids is 2. The summed E-state index contributed by atoms with van der Waals surface area (Å²) in [6.07, 6.45) is 2.55. The van der Waals surface area contributed by atoms with E-state index in [-0.39, 0.29) is 18.0 Å². The van der Waals surface area contributed by atoms with Gasteiger partial charge < -0.3 is 19.9 Å². The number of nitrogens with zero attached hydrogens (tertiary/aromatic N) is 1. The predicted octanol–water partition coefficient (Wildman–Crippen LogP) is 5.52. The number of aryl methyl sites for hydroxylation is 1.